The number of carbonyl (C=O) groups is 1. The van der Waals surface area contributed by atoms with Crippen LogP contribution in [0.5, 0.6) is 0 Å². The first-order chi connectivity index (χ1) is 7.66. The highest BCUT2D eigenvalue weighted by molar-refractivity contribution is 7.07. The second-order valence-corrected chi connectivity index (χ2v) is 5.48. The summed E-state index contributed by atoms with van der Waals surface area (Å²) in [4.78, 5) is 15.7. The van der Waals surface area contributed by atoms with Gasteiger partial charge in [0.05, 0.1) is 16.6 Å². The topological polar surface area (TPSA) is 50.2 Å². The molecule has 0 radical (unpaired) electrons. The molecular weight excluding hydrogens is 222 g/mol. The molecule has 1 aromatic heterocycles. The molecular formula is C12H17NO2S. The Hall–Kier alpha value is -0.900. The van der Waals surface area contributed by atoms with E-state index >= 15 is 0 Å². The van der Waals surface area contributed by atoms with Crippen molar-refractivity contribution in [1.82, 2.24) is 4.98 Å². The van der Waals surface area contributed by atoms with E-state index in [1.54, 1.807) is 5.51 Å². The van der Waals surface area contributed by atoms with Crippen LogP contribution in [0.3, 0.4) is 0 Å². The van der Waals surface area contributed by atoms with Crippen molar-refractivity contribution in [2.75, 3.05) is 0 Å². The molecule has 0 aliphatic heterocycles. The number of thiazole rings is 1. The standard InChI is InChI=1S/C12H17NO2S/c1-2-9-3-4-12(5-9,11(14)15)6-10-7-16-8-13-10/h7-9H,2-6H2,1H3,(H,14,15). The third-order valence-corrected chi connectivity index (χ3v) is 4.38. The number of carboxylic acid groups (broad SMARTS) is 1. The predicted octanol–water partition coefficient (Wildman–Crippen LogP) is 2.97. The number of hydrogen-bond donors (Lipinski definition) is 1. The summed E-state index contributed by atoms with van der Waals surface area (Å²) < 4.78 is 0. The van der Waals surface area contributed by atoms with Crippen molar-refractivity contribution in [3.63, 3.8) is 0 Å². The molecule has 1 saturated carbocycles. The smallest absolute Gasteiger partial charge is 0.310 e. The van der Waals surface area contributed by atoms with E-state index < -0.39 is 11.4 Å². The minimum absolute atomic E-state index is 0.547. The lowest BCUT2D eigenvalue weighted by Gasteiger charge is -2.23. The molecule has 1 fully saturated rings. The lowest BCUT2D eigenvalue weighted by atomic mass is 9.81. The van der Waals surface area contributed by atoms with Gasteiger partial charge in [0.25, 0.3) is 0 Å². The SMILES string of the molecule is CCC1CCC(Cc2cscn2)(C(=O)O)C1. The third-order valence-electron chi connectivity index (χ3n) is 3.74. The van der Waals surface area contributed by atoms with E-state index in [4.69, 9.17) is 0 Å². The lowest BCUT2D eigenvalue weighted by Crippen LogP contribution is -2.30. The molecule has 0 saturated heterocycles. The fourth-order valence-electron chi connectivity index (χ4n) is 2.69. The van der Waals surface area contributed by atoms with Crippen LogP contribution < -0.4 is 0 Å². The normalized spacial score (nSPS) is 29.4. The molecule has 1 heterocycles. The minimum atomic E-state index is -0.642. The zero-order valence-corrected chi connectivity index (χ0v) is 10.3. The van der Waals surface area contributed by atoms with Crippen LogP contribution in [-0.4, -0.2) is 16.1 Å². The fraction of sp³-hybridized carbons (Fsp3) is 0.667. The molecule has 0 aromatic carbocycles. The average molecular weight is 239 g/mol. The molecule has 1 N–H and O–H groups in total. The van der Waals surface area contributed by atoms with Crippen LogP contribution in [-0.2, 0) is 11.2 Å². The molecule has 2 unspecified atom stereocenters. The highest BCUT2D eigenvalue weighted by Crippen LogP contribution is 2.45. The second kappa shape index (κ2) is 4.53. The summed E-state index contributed by atoms with van der Waals surface area (Å²) in [6.45, 7) is 2.14. The van der Waals surface area contributed by atoms with E-state index in [1.807, 2.05) is 5.38 Å². The van der Waals surface area contributed by atoms with Crippen molar-refractivity contribution in [1.29, 1.82) is 0 Å². The Balaban J connectivity index is 2.14. The Morgan fingerprint density at radius 2 is 2.56 bits per heavy atom. The summed E-state index contributed by atoms with van der Waals surface area (Å²) in [6, 6.07) is 0. The summed E-state index contributed by atoms with van der Waals surface area (Å²) in [6.07, 6.45) is 4.36. The zero-order chi connectivity index (χ0) is 11.6. The first-order valence-electron chi connectivity index (χ1n) is 5.77. The number of carboxylic acids is 1. The van der Waals surface area contributed by atoms with Crippen LogP contribution in [0.2, 0.25) is 0 Å². The van der Waals surface area contributed by atoms with Gasteiger partial charge in [0.15, 0.2) is 0 Å². The molecule has 4 heteroatoms. The van der Waals surface area contributed by atoms with E-state index in [2.05, 4.69) is 11.9 Å². The Kier molecular flexibility index (Phi) is 3.28. The monoisotopic (exact) mass is 239 g/mol. The Labute approximate surface area is 99.5 Å². The highest BCUT2D eigenvalue weighted by atomic mass is 32.1. The minimum Gasteiger partial charge on any atom is -0.481 e. The van der Waals surface area contributed by atoms with Crippen LogP contribution in [0.25, 0.3) is 0 Å². The van der Waals surface area contributed by atoms with Gasteiger partial charge in [0.1, 0.15) is 0 Å². The van der Waals surface area contributed by atoms with Crippen molar-refractivity contribution in [3.8, 4) is 0 Å². The molecule has 0 spiro atoms. The maximum atomic E-state index is 11.5. The lowest BCUT2D eigenvalue weighted by molar-refractivity contribution is -0.148. The zero-order valence-electron chi connectivity index (χ0n) is 9.48. The van der Waals surface area contributed by atoms with Gasteiger partial charge in [-0.2, -0.15) is 0 Å². The average Bonchev–Trinajstić information content (AvgIpc) is 2.88. The van der Waals surface area contributed by atoms with Gasteiger partial charge in [-0.3, -0.25) is 4.79 Å². The van der Waals surface area contributed by atoms with Gasteiger partial charge in [-0.15, -0.1) is 11.3 Å². The van der Waals surface area contributed by atoms with E-state index in [-0.39, 0.29) is 0 Å². The summed E-state index contributed by atoms with van der Waals surface area (Å²) in [5.41, 5.74) is 2.16. The van der Waals surface area contributed by atoms with Crippen LogP contribution in [0.4, 0.5) is 0 Å². The first kappa shape index (κ1) is 11.6. The fourth-order valence-corrected chi connectivity index (χ4v) is 3.25. The van der Waals surface area contributed by atoms with Crippen LogP contribution in [0.1, 0.15) is 38.3 Å². The Bertz CT molecular complexity index is 363. The summed E-state index contributed by atoms with van der Waals surface area (Å²) in [7, 11) is 0. The van der Waals surface area contributed by atoms with Gasteiger partial charge < -0.3 is 5.11 Å². The van der Waals surface area contributed by atoms with Crippen molar-refractivity contribution >= 4 is 17.3 Å². The Morgan fingerprint density at radius 1 is 1.75 bits per heavy atom. The van der Waals surface area contributed by atoms with Crippen molar-refractivity contribution in [3.05, 3.63) is 16.6 Å². The summed E-state index contributed by atoms with van der Waals surface area (Å²) in [5.74, 6) is -0.0637. The second-order valence-electron chi connectivity index (χ2n) is 4.76. The summed E-state index contributed by atoms with van der Waals surface area (Å²) >= 11 is 1.54. The first-order valence-corrected chi connectivity index (χ1v) is 6.71. The van der Waals surface area contributed by atoms with Gasteiger partial charge >= 0.3 is 5.97 Å². The molecule has 88 valence electrons. The van der Waals surface area contributed by atoms with Crippen molar-refractivity contribution < 1.29 is 9.90 Å². The quantitative estimate of drug-likeness (QED) is 0.878. The number of aromatic nitrogens is 1. The molecule has 16 heavy (non-hydrogen) atoms. The highest BCUT2D eigenvalue weighted by Gasteiger charge is 2.45. The number of aliphatic carboxylic acids is 1. The molecule has 1 aromatic rings. The van der Waals surface area contributed by atoms with Crippen LogP contribution >= 0.6 is 11.3 Å². The van der Waals surface area contributed by atoms with Crippen LogP contribution in [0.15, 0.2) is 10.9 Å². The van der Waals surface area contributed by atoms with Crippen LogP contribution in [0, 0.1) is 11.3 Å². The molecule has 2 atom stereocenters. The molecule has 1 aliphatic carbocycles. The third kappa shape index (κ3) is 2.12. The maximum absolute atomic E-state index is 11.5. The van der Waals surface area contributed by atoms with Gasteiger partial charge in [0.2, 0.25) is 0 Å². The van der Waals surface area contributed by atoms with E-state index in [0.717, 1.165) is 31.4 Å². The predicted molar refractivity (Wildman–Crippen MR) is 63.5 cm³/mol. The van der Waals surface area contributed by atoms with Gasteiger partial charge in [-0.25, -0.2) is 4.98 Å². The number of hydrogen-bond acceptors (Lipinski definition) is 3. The molecule has 2 rings (SSSR count). The van der Waals surface area contributed by atoms with E-state index in [0.29, 0.717) is 12.3 Å². The van der Waals surface area contributed by atoms with Gasteiger partial charge in [-0.05, 0) is 25.2 Å². The van der Waals surface area contributed by atoms with E-state index in [1.165, 1.54) is 11.3 Å². The molecule has 1 aliphatic rings. The summed E-state index contributed by atoms with van der Waals surface area (Å²) in [5, 5.41) is 11.4. The Morgan fingerprint density at radius 3 is 3.06 bits per heavy atom. The van der Waals surface area contributed by atoms with Gasteiger partial charge in [-0.1, -0.05) is 13.3 Å². The largest absolute Gasteiger partial charge is 0.481 e. The molecule has 0 bridgehead atoms. The van der Waals surface area contributed by atoms with Crippen molar-refractivity contribution in [2.24, 2.45) is 11.3 Å². The van der Waals surface area contributed by atoms with Gasteiger partial charge in [0, 0.05) is 11.8 Å². The number of nitrogens with zero attached hydrogens (tertiary/aromatic N) is 1. The van der Waals surface area contributed by atoms with Crippen molar-refractivity contribution in [2.45, 2.75) is 39.0 Å². The number of rotatable bonds is 4. The molecule has 3 nitrogen and oxygen atoms in total. The molecule has 0 amide bonds. The maximum Gasteiger partial charge on any atom is 0.310 e. The van der Waals surface area contributed by atoms with E-state index in [9.17, 15) is 9.90 Å².